The standard InChI is InChI=1S/C9H17N3O/c1-7(2)9-5-8(12-13-9)6-11-4-3-10/h5,7,11H,3-4,6,10H2,1-2H3. The highest BCUT2D eigenvalue weighted by Crippen LogP contribution is 2.14. The van der Waals surface area contributed by atoms with Crippen LogP contribution in [0.5, 0.6) is 0 Å². The van der Waals surface area contributed by atoms with Crippen LogP contribution in [-0.2, 0) is 6.54 Å². The minimum atomic E-state index is 0.399. The molecule has 4 nitrogen and oxygen atoms in total. The molecular formula is C9H17N3O. The first-order valence-corrected chi connectivity index (χ1v) is 4.60. The monoisotopic (exact) mass is 183 g/mol. The number of hydrogen-bond donors (Lipinski definition) is 2. The Labute approximate surface area is 78.5 Å². The lowest BCUT2D eigenvalue weighted by atomic mass is 10.1. The first-order chi connectivity index (χ1) is 6.24. The highest BCUT2D eigenvalue weighted by molar-refractivity contribution is 5.08. The molecule has 74 valence electrons. The van der Waals surface area contributed by atoms with Crippen molar-refractivity contribution in [2.75, 3.05) is 13.1 Å². The van der Waals surface area contributed by atoms with E-state index in [2.05, 4.69) is 24.3 Å². The molecular weight excluding hydrogens is 166 g/mol. The van der Waals surface area contributed by atoms with Gasteiger partial charge in [0.2, 0.25) is 0 Å². The molecule has 0 bridgehead atoms. The van der Waals surface area contributed by atoms with Gasteiger partial charge in [0.05, 0.1) is 5.69 Å². The Bertz CT molecular complexity index is 245. The first-order valence-electron chi connectivity index (χ1n) is 4.60. The molecule has 1 aromatic heterocycles. The third-order valence-corrected chi connectivity index (χ3v) is 1.77. The number of nitrogens with one attached hydrogen (secondary N) is 1. The van der Waals surface area contributed by atoms with Gasteiger partial charge in [0.15, 0.2) is 0 Å². The second-order valence-corrected chi connectivity index (χ2v) is 3.34. The minimum Gasteiger partial charge on any atom is -0.361 e. The molecule has 13 heavy (non-hydrogen) atoms. The minimum absolute atomic E-state index is 0.399. The Morgan fingerprint density at radius 2 is 2.38 bits per heavy atom. The SMILES string of the molecule is CC(C)c1cc(CNCCN)no1. The van der Waals surface area contributed by atoms with Crippen LogP contribution in [0.15, 0.2) is 10.6 Å². The zero-order chi connectivity index (χ0) is 9.68. The van der Waals surface area contributed by atoms with E-state index in [1.54, 1.807) is 0 Å². The van der Waals surface area contributed by atoms with E-state index in [1.165, 1.54) is 0 Å². The predicted octanol–water partition coefficient (Wildman–Crippen LogP) is 0.846. The summed E-state index contributed by atoms with van der Waals surface area (Å²) < 4.78 is 5.14. The summed E-state index contributed by atoms with van der Waals surface area (Å²) in [6, 6.07) is 1.98. The van der Waals surface area contributed by atoms with Gasteiger partial charge in [-0.2, -0.15) is 0 Å². The third kappa shape index (κ3) is 3.16. The lowest BCUT2D eigenvalue weighted by Crippen LogP contribution is -2.21. The molecule has 1 aromatic rings. The fourth-order valence-electron chi connectivity index (χ4n) is 1.00. The maximum atomic E-state index is 5.34. The number of nitrogens with zero attached hydrogens (tertiary/aromatic N) is 1. The van der Waals surface area contributed by atoms with Crippen LogP contribution >= 0.6 is 0 Å². The van der Waals surface area contributed by atoms with Gasteiger partial charge < -0.3 is 15.6 Å². The second-order valence-electron chi connectivity index (χ2n) is 3.34. The second kappa shape index (κ2) is 4.99. The van der Waals surface area contributed by atoms with Crippen LogP contribution < -0.4 is 11.1 Å². The number of hydrogen-bond acceptors (Lipinski definition) is 4. The van der Waals surface area contributed by atoms with E-state index in [0.29, 0.717) is 12.5 Å². The summed E-state index contributed by atoms with van der Waals surface area (Å²) in [4.78, 5) is 0. The molecule has 3 N–H and O–H groups in total. The molecule has 1 heterocycles. The van der Waals surface area contributed by atoms with Gasteiger partial charge in [-0.25, -0.2) is 0 Å². The van der Waals surface area contributed by atoms with Gasteiger partial charge in [-0.05, 0) is 0 Å². The molecule has 0 saturated heterocycles. The van der Waals surface area contributed by atoms with Crippen molar-refractivity contribution in [1.82, 2.24) is 10.5 Å². The van der Waals surface area contributed by atoms with Crippen molar-refractivity contribution >= 4 is 0 Å². The van der Waals surface area contributed by atoms with Crippen LogP contribution in [0.1, 0.15) is 31.2 Å². The van der Waals surface area contributed by atoms with Crippen LogP contribution in [0, 0.1) is 0 Å². The van der Waals surface area contributed by atoms with E-state index in [0.717, 1.165) is 24.5 Å². The van der Waals surface area contributed by atoms with Crippen LogP contribution in [0.4, 0.5) is 0 Å². The number of rotatable bonds is 5. The fourth-order valence-corrected chi connectivity index (χ4v) is 1.00. The molecule has 0 fully saturated rings. The first kappa shape index (κ1) is 10.2. The maximum absolute atomic E-state index is 5.34. The average Bonchev–Trinajstić information content (AvgIpc) is 2.53. The predicted molar refractivity (Wildman–Crippen MR) is 51.4 cm³/mol. The fraction of sp³-hybridized carbons (Fsp3) is 0.667. The lowest BCUT2D eigenvalue weighted by molar-refractivity contribution is 0.364. The van der Waals surface area contributed by atoms with Crippen molar-refractivity contribution in [3.8, 4) is 0 Å². The van der Waals surface area contributed by atoms with E-state index in [1.807, 2.05) is 6.07 Å². The van der Waals surface area contributed by atoms with E-state index < -0.39 is 0 Å². The Kier molecular flexibility index (Phi) is 3.92. The molecule has 0 aliphatic heterocycles. The Balaban J connectivity index is 2.40. The van der Waals surface area contributed by atoms with Gasteiger partial charge in [-0.15, -0.1) is 0 Å². The zero-order valence-electron chi connectivity index (χ0n) is 8.21. The van der Waals surface area contributed by atoms with Gasteiger partial charge >= 0.3 is 0 Å². The topological polar surface area (TPSA) is 64.1 Å². The van der Waals surface area contributed by atoms with Crippen molar-refractivity contribution in [3.63, 3.8) is 0 Å². The average molecular weight is 183 g/mol. The molecule has 0 amide bonds. The molecule has 0 aliphatic carbocycles. The molecule has 0 aromatic carbocycles. The van der Waals surface area contributed by atoms with Gasteiger partial charge in [0.25, 0.3) is 0 Å². The summed E-state index contributed by atoms with van der Waals surface area (Å²) in [7, 11) is 0. The summed E-state index contributed by atoms with van der Waals surface area (Å²) in [5.41, 5.74) is 6.28. The van der Waals surface area contributed by atoms with Crippen molar-refractivity contribution in [2.45, 2.75) is 26.3 Å². The largest absolute Gasteiger partial charge is 0.361 e. The molecule has 0 unspecified atom stereocenters. The quantitative estimate of drug-likeness (QED) is 0.664. The molecule has 0 aliphatic rings. The summed E-state index contributed by atoms with van der Waals surface area (Å²) in [6.07, 6.45) is 0. The Morgan fingerprint density at radius 1 is 1.62 bits per heavy atom. The normalized spacial score (nSPS) is 11.1. The van der Waals surface area contributed by atoms with Crippen LogP contribution in [-0.4, -0.2) is 18.2 Å². The Hall–Kier alpha value is -0.870. The van der Waals surface area contributed by atoms with E-state index in [4.69, 9.17) is 10.3 Å². The maximum Gasteiger partial charge on any atom is 0.139 e. The smallest absolute Gasteiger partial charge is 0.139 e. The summed E-state index contributed by atoms with van der Waals surface area (Å²) in [5, 5.41) is 7.09. The third-order valence-electron chi connectivity index (χ3n) is 1.77. The van der Waals surface area contributed by atoms with Gasteiger partial charge in [-0.3, -0.25) is 0 Å². The lowest BCUT2D eigenvalue weighted by Gasteiger charge is -1.97. The number of aromatic nitrogens is 1. The molecule has 0 atom stereocenters. The van der Waals surface area contributed by atoms with Crippen molar-refractivity contribution < 1.29 is 4.52 Å². The number of nitrogens with two attached hydrogens (primary N) is 1. The summed E-state index contributed by atoms with van der Waals surface area (Å²) in [5.74, 6) is 1.33. The zero-order valence-corrected chi connectivity index (χ0v) is 8.21. The van der Waals surface area contributed by atoms with Gasteiger partial charge in [0.1, 0.15) is 5.76 Å². The van der Waals surface area contributed by atoms with Crippen LogP contribution in [0.3, 0.4) is 0 Å². The van der Waals surface area contributed by atoms with Gasteiger partial charge in [0, 0.05) is 31.6 Å². The van der Waals surface area contributed by atoms with Crippen molar-refractivity contribution in [1.29, 1.82) is 0 Å². The Morgan fingerprint density at radius 3 is 2.92 bits per heavy atom. The molecule has 0 spiro atoms. The van der Waals surface area contributed by atoms with Crippen molar-refractivity contribution in [3.05, 3.63) is 17.5 Å². The van der Waals surface area contributed by atoms with E-state index >= 15 is 0 Å². The van der Waals surface area contributed by atoms with E-state index in [-0.39, 0.29) is 0 Å². The molecule has 1 rings (SSSR count). The van der Waals surface area contributed by atoms with E-state index in [9.17, 15) is 0 Å². The molecule has 0 saturated carbocycles. The highest BCUT2D eigenvalue weighted by atomic mass is 16.5. The summed E-state index contributed by atoms with van der Waals surface area (Å²) in [6.45, 7) is 6.35. The highest BCUT2D eigenvalue weighted by Gasteiger charge is 2.06. The van der Waals surface area contributed by atoms with Crippen molar-refractivity contribution in [2.24, 2.45) is 5.73 Å². The molecule has 0 radical (unpaired) electrons. The van der Waals surface area contributed by atoms with Gasteiger partial charge in [-0.1, -0.05) is 19.0 Å². The summed E-state index contributed by atoms with van der Waals surface area (Å²) >= 11 is 0. The molecule has 4 heteroatoms. The van der Waals surface area contributed by atoms with Crippen LogP contribution in [0.2, 0.25) is 0 Å². The van der Waals surface area contributed by atoms with Crippen LogP contribution in [0.25, 0.3) is 0 Å².